The fourth-order valence-electron chi connectivity index (χ4n) is 2.57. The summed E-state index contributed by atoms with van der Waals surface area (Å²) in [6.07, 6.45) is 0.976. The van der Waals surface area contributed by atoms with Gasteiger partial charge < -0.3 is 10.5 Å². The molecule has 1 aromatic rings. The van der Waals surface area contributed by atoms with Gasteiger partial charge in [-0.2, -0.15) is 0 Å². The number of rotatable bonds is 7. The third kappa shape index (κ3) is 4.22. The summed E-state index contributed by atoms with van der Waals surface area (Å²) in [6.45, 7) is 7.40. The van der Waals surface area contributed by atoms with Crippen molar-refractivity contribution in [2.75, 3.05) is 20.7 Å². The summed E-state index contributed by atoms with van der Waals surface area (Å²) in [5, 5.41) is 0. The summed E-state index contributed by atoms with van der Waals surface area (Å²) in [6, 6.07) is 9.08. The van der Waals surface area contributed by atoms with E-state index in [2.05, 4.69) is 44.9 Å². The quantitative estimate of drug-likeness (QED) is 0.822. The first-order valence-corrected chi connectivity index (χ1v) is 7.05. The van der Waals surface area contributed by atoms with Crippen molar-refractivity contribution in [3.8, 4) is 5.75 Å². The molecular formula is C16H28N2O. The van der Waals surface area contributed by atoms with Crippen LogP contribution in [0.5, 0.6) is 5.75 Å². The van der Waals surface area contributed by atoms with Crippen molar-refractivity contribution < 1.29 is 4.74 Å². The molecule has 0 fully saturated rings. The van der Waals surface area contributed by atoms with Crippen LogP contribution in [0.3, 0.4) is 0 Å². The van der Waals surface area contributed by atoms with Crippen LogP contribution in [0.1, 0.15) is 26.3 Å². The third-order valence-corrected chi connectivity index (χ3v) is 3.94. The van der Waals surface area contributed by atoms with Gasteiger partial charge in [0.2, 0.25) is 0 Å². The van der Waals surface area contributed by atoms with Crippen LogP contribution in [0.2, 0.25) is 0 Å². The number of hydrogen-bond acceptors (Lipinski definition) is 3. The standard InChI is InChI=1S/C16H28N2O/c1-12(2)15(11-17)18(4)13(3)10-14-8-6-7-9-16(14)19-5/h6-9,12-13,15H,10-11,17H2,1-5H3. The van der Waals surface area contributed by atoms with Crippen molar-refractivity contribution in [2.24, 2.45) is 11.7 Å². The Labute approximate surface area is 117 Å². The third-order valence-electron chi connectivity index (χ3n) is 3.94. The van der Waals surface area contributed by atoms with Crippen LogP contribution in [0.25, 0.3) is 0 Å². The van der Waals surface area contributed by atoms with Gasteiger partial charge >= 0.3 is 0 Å². The Morgan fingerprint density at radius 3 is 2.37 bits per heavy atom. The van der Waals surface area contributed by atoms with E-state index in [0.29, 0.717) is 24.5 Å². The van der Waals surface area contributed by atoms with E-state index in [1.54, 1.807) is 7.11 Å². The van der Waals surface area contributed by atoms with Crippen LogP contribution in [0.4, 0.5) is 0 Å². The van der Waals surface area contributed by atoms with E-state index < -0.39 is 0 Å². The van der Waals surface area contributed by atoms with E-state index in [1.165, 1.54) is 5.56 Å². The van der Waals surface area contributed by atoms with Crippen LogP contribution in [0.15, 0.2) is 24.3 Å². The number of ether oxygens (including phenoxy) is 1. The number of likely N-dealkylation sites (N-methyl/N-ethyl adjacent to an activating group) is 1. The van der Waals surface area contributed by atoms with Crippen LogP contribution >= 0.6 is 0 Å². The van der Waals surface area contributed by atoms with Gasteiger partial charge in [0.1, 0.15) is 5.75 Å². The molecule has 1 rings (SSSR count). The maximum absolute atomic E-state index is 5.90. The monoisotopic (exact) mass is 264 g/mol. The first-order chi connectivity index (χ1) is 9.01. The molecule has 2 N–H and O–H groups in total. The van der Waals surface area contributed by atoms with Crippen molar-refractivity contribution in [3.63, 3.8) is 0 Å². The van der Waals surface area contributed by atoms with Crippen molar-refractivity contribution in [1.29, 1.82) is 0 Å². The average molecular weight is 264 g/mol. The Hall–Kier alpha value is -1.06. The number of nitrogens with zero attached hydrogens (tertiary/aromatic N) is 1. The zero-order valence-electron chi connectivity index (χ0n) is 12.9. The molecule has 3 heteroatoms. The second-order valence-corrected chi connectivity index (χ2v) is 5.58. The molecule has 2 atom stereocenters. The topological polar surface area (TPSA) is 38.5 Å². The number of nitrogens with two attached hydrogens (primary N) is 1. The number of para-hydroxylation sites is 1. The summed E-state index contributed by atoms with van der Waals surface area (Å²) >= 11 is 0. The van der Waals surface area contributed by atoms with Gasteiger partial charge in [0.25, 0.3) is 0 Å². The smallest absolute Gasteiger partial charge is 0.122 e. The first-order valence-electron chi connectivity index (χ1n) is 7.05. The van der Waals surface area contributed by atoms with E-state index in [-0.39, 0.29) is 0 Å². The highest BCUT2D eigenvalue weighted by atomic mass is 16.5. The molecule has 0 bridgehead atoms. The highest BCUT2D eigenvalue weighted by Gasteiger charge is 2.22. The molecule has 0 amide bonds. The van der Waals surface area contributed by atoms with Crippen LogP contribution < -0.4 is 10.5 Å². The number of methoxy groups -OCH3 is 1. The van der Waals surface area contributed by atoms with E-state index in [1.807, 2.05) is 12.1 Å². The zero-order valence-corrected chi connectivity index (χ0v) is 12.9. The lowest BCUT2D eigenvalue weighted by Crippen LogP contribution is -2.46. The lowest BCUT2D eigenvalue weighted by molar-refractivity contribution is 0.148. The van der Waals surface area contributed by atoms with Gasteiger partial charge in [0, 0.05) is 18.6 Å². The molecular weight excluding hydrogens is 236 g/mol. The van der Waals surface area contributed by atoms with Gasteiger partial charge in [-0.05, 0) is 37.9 Å². The highest BCUT2D eigenvalue weighted by Crippen LogP contribution is 2.21. The molecule has 0 spiro atoms. The molecule has 108 valence electrons. The molecule has 0 heterocycles. The molecule has 1 aromatic carbocycles. The predicted octanol–water partition coefficient (Wildman–Crippen LogP) is 2.54. The van der Waals surface area contributed by atoms with Gasteiger partial charge in [-0.15, -0.1) is 0 Å². The maximum atomic E-state index is 5.90. The van der Waals surface area contributed by atoms with Crippen LogP contribution in [0, 0.1) is 5.92 Å². The maximum Gasteiger partial charge on any atom is 0.122 e. The van der Waals surface area contributed by atoms with Crippen molar-refractivity contribution in [3.05, 3.63) is 29.8 Å². The van der Waals surface area contributed by atoms with Crippen LogP contribution in [-0.2, 0) is 6.42 Å². The second kappa shape index (κ2) is 7.51. The Morgan fingerprint density at radius 2 is 1.84 bits per heavy atom. The molecule has 2 unspecified atom stereocenters. The van der Waals surface area contributed by atoms with Crippen molar-refractivity contribution >= 4 is 0 Å². The lowest BCUT2D eigenvalue weighted by atomic mass is 9.98. The van der Waals surface area contributed by atoms with E-state index in [0.717, 1.165) is 12.2 Å². The second-order valence-electron chi connectivity index (χ2n) is 5.58. The summed E-state index contributed by atoms with van der Waals surface area (Å²) in [7, 11) is 3.89. The summed E-state index contributed by atoms with van der Waals surface area (Å²) in [5.74, 6) is 1.53. The Bertz CT molecular complexity index is 379. The largest absolute Gasteiger partial charge is 0.496 e. The zero-order chi connectivity index (χ0) is 14.4. The minimum absolute atomic E-state index is 0.421. The fourth-order valence-corrected chi connectivity index (χ4v) is 2.57. The number of benzene rings is 1. The van der Waals surface area contributed by atoms with Gasteiger partial charge in [-0.25, -0.2) is 0 Å². The molecule has 0 aliphatic heterocycles. The first kappa shape index (κ1) is 16.0. The number of hydrogen-bond donors (Lipinski definition) is 1. The molecule has 3 nitrogen and oxygen atoms in total. The summed E-state index contributed by atoms with van der Waals surface area (Å²) in [5.41, 5.74) is 7.15. The summed E-state index contributed by atoms with van der Waals surface area (Å²) in [4.78, 5) is 2.39. The highest BCUT2D eigenvalue weighted by molar-refractivity contribution is 5.33. The van der Waals surface area contributed by atoms with Gasteiger partial charge in [0.05, 0.1) is 7.11 Å². The Kier molecular flexibility index (Phi) is 6.32. The molecule has 0 aromatic heterocycles. The normalized spacial score (nSPS) is 14.7. The van der Waals surface area contributed by atoms with Gasteiger partial charge in [-0.1, -0.05) is 32.0 Å². The predicted molar refractivity (Wildman–Crippen MR) is 81.6 cm³/mol. The summed E-state index contributed by atoms with van der Waals surface area (Å²) < 4.78 is 5.42. The average Bonchev–Trinajstić information content (AvgIpc) is 2.39. The SMILES string of the molecule is COc1ccccc1CC(C)N(C)C(CN)C(C)C. The van der Waals surface area contributed by atoms with Gasteiger partial charge in [0.15, 0.2) is 0 Å². The molecule has 0 aliphatic carbocycles. The van der Waals surface area contributed by atoms with E-state index in [4.69, 9.17) is 10.5 Å². The molecule has 0 aliphatic rings. The van der Waals surface area contributed by atoms with Crippen molar-refractivity contribution in [1.82, 2.24) is 4.90 Å². The molecule has 0 radical (unpaired) electrons. The van der Waals surface area contributed by atoms with E-state index >= 15 is 0 Å². The molecule has 0 saturated carbocycles. The van der Waals surface area contributed by atoms with Gasteiger partial charge in [-0.3, -0.25) is 4.90 Å². The Balaban J connectivity index is 2.75. The lowest BCUT2D eigenvalue weighted by Gasteiger charge is -2.35. The molecule has 19 heavy (non-hydrogen) atoms. The van der Waals surface area contributed by atoms with Crippen molar-refractivity contribution in [2.45, 2.75) is 39.3 Å². The van der Waals surface area contributed by atoms with E-state index in [9.17, 15) is 0 Å². The van der Waals surface area contributed by atoms with Crippen LogP contribution in [-0.4, -0.2) is 37.7 Å². The minimum atomic E-state index is 0.421. The fraction of sp³-hybridized carbons (Fsp3) is 0.625. The minimum Gasteiger partial charge on any atom is -0.496 e. The molecule has 0 saturated heterocycles. The Morgan fingerprint density at radius 1 is 1.21 bits per heavy atom.